The van der Waals surface area contributed by atoms with Gasteiger partial charge in [0.1, 0.15) is 5.75 Å². The minimum Gasteiger partial charge on any atom is -0.497 e. The zero-order valence-corrected chi connectivity index (χ0v) is 15.1. The molecule has 0 fully saturated rings. The number of para-hydroxylation sites is 1. The third kappa shape index (κ3) is 3.95. The Morgan fingerprint density at radius 2 is 1.80 bits per heavy atom. The highest BCUT2D eigenvalue weighted by atomic mass is 32.1. The van der Waals surface area contributed by atoms with E-state index in [9.17, 15) is 0 Å². The average Bonchev–Trinajstić information content (AvgIpc) is 2.62. The van der Waals surface area contributed by atoms with Crippen LogP contribution in [0.1, 0.15) is 5.69 Å². The molecule has 0 aliphatic carbocycles. The van der Waals surface area contributed by atoms with Gasteiger partial charge < -0.3 is 10.1 Å². The van der Waals surface area contributed by atoms with Crippen molar-refractivity contribution in [3.05, 3.63) is 54.2 Å². The number of fused-ring (bicyclic) bond motifs is 1. The Morgan fingerprint density at radius 3 is 2.52 bits per heavy atom. The first-order valence-corrected chi connectivity index (χ1v) is 8.16. The lowest BCUT2D eigenvalue weighted by molar-refractivity contribution is 0.415. The first kappa shape index (κ1) is 16.9. The summed E-state index contributed by atoms with van der Waals surface area (Å²) in [5.74, 6) is 1.34. The lowest BCUT2D eigenvalue weighted by Gasteiger charge is -2.21. The molecule has 6 nitrogen and oxygen atoms in total. The van der Waals surface area contributed by atoms with Gasteiger partial charge in [0.25, 0.3) is 0 Å². The molecule has 0 amide bonds. The van der Waals surface area contributed by atoms with E-state index in [0.717, 1.165) is 28.0 Å². The van der Waals surface area contributed by atoms with Crippen LogP contribution < -0.4 is 20.5 Å². The molecule has 2 N–H and O–H groups in total. The van der Waals surface area contributed by atoms with Crippen LogP contribution in [0.4, 0.5) is 11.6 Å². The summed E-state index contributed by atoms with van der Waals surface area (Å²) in [7, 11) is 3.46. The lowest BCUT2D eigenvalue weighted by Crippen LogP contribution is -2.42. The van der Waals surface area contributed by atoms with Crippen molar-refractivity contribution >= 4 is 39.9 Å². The highest BCUT2D eigenvalue weighted by Crippen LogP contribution is 2.18. The Labute approximate surface area is 151 Å². The van der Waals surface area contributed by atoms with E-state index in [0.29, 0.717) is 11.1 Å². The van der Waals surface area contributed by atoms with Gasteiger partial charge >= 0.3 is 0 Å². The van der Waals surface area contributed by atoms with Crippen LogP contribution in [0.5, 0.6) is 5.75 Å². The van der Waals surface area contributed by atoms with Crippen molar-refractivity contribution < 1.29 is 4.74 Å². The summed E-state index contributed by atoms with van der Waals surface area (Å²) >= 11 is 5.35. The van der Waals surface area contributed by atoms with Crippen molar-refractivity contribution in [3.8, 4) is 5.75 Å². The maximum atomic E-state index is 5.35. The van der Waals surface area contributed by atoms with Crippen LogP contribution in [-0.4, -0.2) is 29.2 Å². The molecule has 1 heterocycles. The first-order valence-electron chi connectivity index (χ1n) is 7.75. The molecule has 3 rings (SSSR count). The predicted octanol–water partition coefficient (Wildman–Crippen LogP) is 3.28. The predicted molar refractivity (Wildman–Crippen MR) is 105 cm³/mol. The van der Waals surface area contributed by atoms with Gasteiger partial charge in [-0.05, 0) is 49.5 Å². The van der Waals surface area contributed by atoms with Crippen molar-refractivity contribution in [3.63, 3.8) is 0 Å². The smallest absolute Gasteiger partial charge is 0.244 e. The zero-order valence-electron chi connectivity index (χ0n) is 14.3. The van der Waals surface area contributed by atoms with Crippen LogP contribution in [0, 0.1) is 6.92 Å². The molecule has 0 atom stereocenters. The number of anilines is 2. The van der Waals surface area contributed by atoms with Gasteiger partial charge in [0.2, 0.25) is 5.95 Å². The second kappa shape index (κ2) is 7.31. The van der Waals surface area contributed by atoms with Crippen molar-refractivity contribution in [2.75, 3.05) is 24.5 Å². The van der Waals surface area contributed by atoms with Crippen molar-refractivity contribution in [1.29, 1.82) is 0 Å². The third-order valence-electron chi connectivity index (χ3n) is 3.70. The maximum Gasteiger partial charge on any atom is 0.244 e. The third-order valence-corrected chi connectivity index (χ3v) is 3.89. The Balaban J connectivity index is 1.70. The summed E-state index contributed by atoms with van der Waals surface area (Å²) < 4.78 is 5.14. The number of ether oxygens (including phenoxy) is 1. The SMILES string of the molecule is COc1ccc(NC(=S)NN(C)c2nc(C)c3ccccc3n2)cc1. The van der Waals surface area contributed by atoms with Crippen LogP contribution in [-0.2, 0) is 0 Å². The van der Waals surface area contributed by atoms with Gasteiger partial charge in [-0.1, -0.05) is 18.2 Å². The van der Waals surface area contributed by atoms with E-state index in [-0.39, 0.29) is 0 Å². The molecule has 0 saturated heterocycles. The number of thiocarbonyl (C=S) groups is 1. The molecule has 0 radical (unpaired) electrons. The van der Waals surface area contributed by atoms with Gasteiger partial charge in [0.15, 0.2) is 5.11 Å². The molecule has 0 aliphatic heterocycles. The quantitative estimate of drug-likeness (QED) is 0.551. The van der Waals surface area contributed by atoms with Crippen molar-refractivity contribution in [2.24, 2.45) is 0 Å². The highest BCUT2D eigenvalue weighted by Gasteiger charge is 2.09. The molecule has 3 aromatic rings. The Hall–Kier alpha value is -2.93. The van der Waals surface area contributed by atoms with Crippen molar-refractivity contribution in [2.45, 2.75) is 6.92 Å². The molecular weight excluding hydrogens is 334 g/mol. The summed E-state index contributed by atoms with van der Waals surface area (Å²) in [6.07, 6.45) is 0. The number of hydrogen-bond acceptors (Lipinski definition) is 5. The minimum absolute atomic E-state index is 0.446. The lowest BCUT2D eigenvalue weighted by atomic mass is 10.2. The van der Waals surface area contributed by atoms with Crippen molar-refractivity contribution in [1.82, 2.24) is 15.4 Å². The van der Waals surface area contributed by atoms with Crippen LogP contribution in [0.3, 0.4) is 0 Å². The number of nitrogens with one attached hydrogen (secondary N) is 2. The van der Waals surface area contributed by atoms with Crippen LogP contribution >= 0.6 is 12.2 Å². The van der Waals surface area contributed by atoms with E-state index < -0.39 is 0 Å². The fourth-order valence-electron chi connectivity index (χ4n) is 2.41. The second-order valence-electron chi connectivity index (χ2n) is 5.48. The number of hydrazine groups is 1. The molecule has 25 heavy (non-hydrogen) atoms. The Bertz CT molecular complexity index is 898. The summed E-state index contributed by atoms with van der Waals surface area (Å²) in [6.45, 7) is 1.97. The molecule has 1 aromatic heterocycles. The number of methoxy groups -OCH3 is 1. The summed E-state index contributed by atoms with van der Waals surface area (Å²) in [5, 5.41) is 6.29. The fourth-order valence-corrected chi connectivity index (χ4v) is 2.66. The standard InChI is InChI=1S/C18H19N5OS/c1-12-15-6-4-5-7-16(15)21-17(19-12)23(2)22-18(25)20-13-8-10-14(24-3)11-9-13/h4-11H,1-3H3,(H2,20,22,25). The van der Waals surface area contributed by atoms with E-state index in [1.54, 1.807) is 12.1 Å². The molecule has 7 heteroatoms. The van der Waals surface area contributed by atoms with Gasteiger partial charge in [-0.25, -0.2) is 9.97 Å². The maximum absolute atomic E-state index is 5.35. The van der Waals surface area contributed by atoms with Gasteiger partial charge in [0, 0.05) is 18.1 Å². The Morgan fingerprint density at radius 1 is 1.08 bits per heavy atom. The topological polar surface area (TPSA) is 62.3 Å². The van der Waals surface area contributed by atoms with Gasteiger partial charge in [0.05, 0.1) is 18.3 Å². The van der Waals surface area contributed by atoms with Gasteiger partial charge in [-0.3, -0.25) is 10.4 Å². The molecular formula is C18H19N5OS. The van der Waals surface area contributed by atoms with E-state index >= 15 is 0 Å². The molecule has 0 spiro atoms. The normalized spacial score (nSPS) is 10.4. The second-order valence-corrected chi connectivity index (χ2v) is 5.89. The number of aromatic nitrogens is 2. The zero-order chi connectivity index (χ0) is 17.8. The number of benzene rings is 2. The number of hydrogen-bond donors (Lipinski definition) is 2. The largest absolute Gasteiger partial charge is 0.497 e. The van der Waals surface area contributed by atoms with E-state index in [1.165, 1.54) is 0 Å². The summed E-state index contributed by atoms with van der Waals surface area (Å²) in [5.41, 5.74) is 5.74. The molecule has 2 aromatic carbocycles. The summed E-state index contributed by atoms with van der Waals surface area (Å²) in [4.78, 5) is 9.10. The number of rotatable bonds is 4. The molecule has 0 bridgehead atoms. The van der Waals surface area contributed by atoms with Crippen LogP contribution in [0.25, 0.3) is 10.9 Å². The van der Waals surface area contributed by atoms with E-state index in [4.69, 9.17) is 17.0 Å². The van der Waals surface area contributed by atoms with E-state index in [1.807, 2.05) is 62.5 Å². The molecule has 0 saturated carbocycles. The number of nitrogens with zero attached hydrogens (tertiary/aromatic N) is 3. The van der Waals surface area contributed by atoms with Gasteiger partial charge in [-0.2, -0.15) is 0 Å². The molecule has 0 aliphatic rings. The molecule has 0 unspecified atom stereocenters. The van der Waals surface area contributed by atoms with Crippen LogP contribution in [0.15, 0.2) is 48.5 Å². The van der Waals surface area contributed by atoms with E-state index in [2.05, 4.69) is 20.7 Å². The molecule has 128 valence electrons. The highest BCUT2D eigenvalue weighted by molar-refractivity contribution is 7.80. The monoisotopic (exact) mass is 353 g/mol. The van der Waals surface area contributed by atoms with Gasteiger partial charge in [-0.15, -0.1) is 0 Å². The average molecular weight is 353 g/mol. The summed E-state index contributed by atoms with van der Waals surface area (Å²) in [6, 6.07) is 15.4. The number of aryl methyl sites for hydroxylation is 1. The van der Waals surface area contributed by atoms with Crippen LogP contribution in [0.2, 0.25) is 0 Å². The first-order chi connectivity index (χ1) is 12.1. The minimum atomic E-state index is 0.446. The fraction of sp³-hybridized carbons (Fsp3) is 0.167. The Kier molecular flexibility index (Phi) is 4.95.